The molecule has 0 radical (unpaired) electrons. The number of ether oxygens (including phenoxy) is 4. The number of fused-ring (bicyclic) bond motifs is 1. The third-order valence-corrected chi connectivity index (χ3v) is 6.06. The Morgan fingerprint density at radius 1 is 0.972 bits per heavy atom. The van der Waals surface area contributed by atoms with Gasteiger partial charge in [-0.3, -0.25) is 0 Å². The van der Waals surface area contributed by atoms with E-state index in [1.165, 1.54) is 0 Å². The maximum atomic E-state index is 13.3. The lowest BCUT2D eigenvalue weighted by Gasteiger charge is -2.37. The minimum atomic E-state index is -0.380. The fraction of sp³-hybridized carbons (Fsp3) is 0.286. The van der Waals surface area contributed by atoms with E-state index in [-0.39, 0.29) is 24.6 Å². The van der Waals surface area contributed by atoms with Crippen molar-refractivity contribution in [1.29, 1.82) is 0 Å². The van der Waals surface area contributed by atoms with Crippen LogP contribution in [0.25, 0.3) is 0 Å². The standard InChI is InChI=1S/C28H30N2O6/c1-4-35-27(31)19-10-12-22(13-11-19)36-18-24-23-17-26(34-3)25(33-2)16-20(23)14-15-30(24)28(32)29-21-8-6-5-7-9-21/h5-13,16-17,24H,4,14-15,18H2,1-3H3,(H,29,32)/t24-/m0/s1. The van der Waals surface area contributed by atoms with Crippen LogP contribution < -0.4 is 19.5 Å². The Balaban J connectivity index is 1.59. The lowest BCUT2D eigenvalue weighted by molar-refractivity contribution is 0.0526. The van der Waals surface area contributed by atoms with Crippen LogP contribution >= 0.6 is 0 Å². The minimum Gasteiger partial charge on any atom is -0.493 e. The molecule has 8 heteroatoms. The number of hydrogen-bond acceptors (Lipinski definition) is 6. The van der Waals surface area contributed by atoms with Crippen LogP contribution in [0.2, 0.25) is 0 Å². The largest absolute Gasteiger partial charge is 0.493 e. The molecule has 0 unspecified atom stereocenters. The van der Waals surface area contributed by atoms with Gasteiger partial charge in [0.15, 0.2) is 11.5 Å². The summed E-state index contributed by atoms with van der Waals surface area (Å²) in [6.45, 7) is 2.80. The number of anilines is 1. The molecule has 1 heterocycles. The number of nitrogens with one attached hydrogen (secondary N) is 1. The molecule has 0 fully saturated rings. The van der Waals surface area contributed by atoms with E-state index in [1.54, 1.807) is 50.3 Å². The van der Waals surface area contributed by atoms with Crippen LogP contribution in [0.5, 0.6) is 17.2 Å². The predicted octanol–water partition coefficient (Wildman–Crippen LogP) is 5.09. The molecule has 1 atom stereocenters. The van der Waals surface area contributed by atoms with Crippen LogP contribution in [-0.2, 0) is 11.2 Å². The number of para-hydroxylation sites is 1. The molecule has 4 rings (SSSR count). The van der Waals surface area contributed by atoms with E-state index in [0.29, 0.717) is 42.4 Å². The Kier molecular flexibility index (Phi) is 7.95. The monoisotopic (exact) mass is 490 g/mol. The molecule has 0 aromatic heterocycles. The van der Waals surface area contributed by atoms with Gasteiger partial charge in [-0.2, -0.15) is 0 Å². The van der Waals surface area contributed by atoms with Gasteiger partial charge in [0.2, 0.25) is 0 Å². The topological polar surface area (TPSA) is 86.3 Å². The zero-order valence-corrected chi connectivity index (χ0v) is 20.7. The zero-order chi connectivity index (χ0) is 25.5. The number of hydrogen-bond donors (Lipinski definition) is 1. The number of nitrogens with zero attached hydrogens (tertiary/aromatic N) is 1. The molecule has 3 aromatic rings. The SMILES string of the molecule is CCOC(=O)c1ccc(OC[C@H]2c3cc(OC)c(OC)cc3CCN2C(=O)Nc2ccccc2)cc1. The second kappa shape index (κ2) is 11.5. The van der Waals surface area contributed by atoms with Crippen LogP contribution in [-0.4, -0.2) is 50.9 Å². The predicted molar refractivity (Wildman–Crippen MR) is 136 cm³/mol. The quantitative estimate of drug-likeness (QED) is 0.443. The lowest BCUT2D eigenvalue weighted by atomic mass is 9.92. The van der Waals surface area contributed by atoms with E-state index in [1.807, 2.05) is 42.5 Å². The molecule has 1 aliphatic heterocycles. The Morgan fingerprint density at radius 3 is 2.33 bits per heavy atom. The highest BCUT2D eigenvalue weighted by Crippen LogP contribution is 2.38. The highest BCUT2D eigenvalue weighted by molar-refractivity contribution is 5.90. The molecule has 1 aliphatic rings. The first-order valence-electron chi connectivity index (χ1n) is 11.8. The second-order valence-electron chi connectivity index (χ2n) is 8.22. The van der Waals surface area contributed by atoms with Crippen molar-refractivity contribution in [2.75, 3.05) is 39.3 Å². The Morgan fingerprint density at radius 2 is 1.67 bits per heavy atom. The van der Waals surface area contributed by atoms with Gasteiger partial charge in [-0.1, -0.05) is 18.2 Å². The molecule has 0 aliphatic carbocycles. The summed E-state index contributed by atoms with van der Waals surface area (Å²) in [5, 5.41) is 2.98. The summed E-state index contributed by atoms with van der Waals surface area (Å²) in [7, 11) is 3.19. The van der Waals surface area contributed by atoms with E-state index in [0.717, 1.165) is 16.8 Å². The molecule has 0 saturated heterocycles. The molecule has 0 spiro atoms. The molecule has 1 N–H and O–H groups in total. The number of rotatable bonds is 8. The molecular formula is C28H30N2O6. The number of carbonyl (C=O) groups is 2. The van der Waals surface area contributed by atoms with Gasteiger partial charge < -0.3 is 29.2 Å². The van der Waals surface area contributed by atoms with E-state index in [2.05, 4.69) is 5.32 Å². The summed E-state index contributed by atoms with van der Waals surface area (Å²) in [5.41, 5.74) is 3.18. The summed E-state index contributed by atoms with van der Waals surface area (Å²) in [6.07, 6.45) is 0.669. The Labute approximate surface area is 210 Å². The average molecular weight is 491 g/mol. The molecule has 8 nitrogen and oxygen atoms in total. The normalized spacial score (nSPS) is 14.4. The maximum absolute atomic E-state index is 13.3. The van der Waals surface area contributed by atoms with E-state index in [9.17, 15) is 9.59 Å². The van der Waals surface area contributed by atoms with Crippen LogP contribution in [0.3, 0.4) is 0 Å². The third-order valence-electron chi connectivity index (χ3n) is 6.06. The van der Waals surface area contributed by atoms with E-state index < -0.39 is 0 Å². The van der Waals surface area contributed by atoms with Gasteiger partial charge >= 0.3 is 12.0 Å². The number of amides is 2. The van der Waals surface area contributed by atoms with Gasteiger partial charge in [-0.15, -0.1) is 0 Å². The van der Waals surface area contributed by atoms with Crippen molar-refractivity contribution in [3.05, 3.63) is 83.4 Å². The number of benzene rings is 3. The molecule has 36 heavy (non-hydrogen) atoms. The van der Waals surface area contributed by atoms with Gasteiger partial charge in [0, 0.05) is 12.2 Å². The first kappa shape index (κ1) is 24.9. The van der Waals surface area contributed by atoms with Gasteiger partial charge in [-0.25, -0.2) is 9.59 Å². The van der Waals surface area contributed by atoms with Crippen molar-refractivity contribution < 1.29 is 28.5 Å². The number of esters is 1. The number of urea groups is 1. The number of carbonyl (C=O) groups excluding carboxylic acids is 2. The molecule has 188 valence electrons. The first-order valence-corrected chi connectivity index (χ1v) is 11.8. The van der Waals surface area contributed by atoms with Gasteiger partial charge in [0.05, 0.1) is 32.4 Å². The maximum Gasteiger partial charge on any atom is 0.338 e. The molecule has 0 saturated carbocycles. The van der Waals surface area contributed by atoms with Gasteiger partial charge in [-0.05, 0) is 73.0 Å². The smallest absolute Gasteiger partial charge is 0.338 e. The highest BCUT2D eigenvalue weighted by atomic mass is 16.5. The molecule has 3 aromatic carbocycles. The Bertz CT molecular complexity index is 1200. The van der Waals surface area contributed by atoms with E-state index >= 15 is 0 Å². The fourth-order valence-corrected chi connectivity index (χ4v) is 4.24. The van der Waals surface area contributed by atoms with Crippen molar-refractivity contribution in [3.63, 3.8) is 0 Å². The van der Waals surface area contributed by atoms with Gasteiger partial charge in [0.1, 0.15) is 12.4 Å². The summed E-state index contributed by atoms with van der Waals surface area (Å²) < 4.78 is 22.2. The minimum absolute atomic E-state index is 0.212. The summed E-state index contributed by atoms with van der Waals surface area (Å²) in [4.78, 5) is 27.0. The van der Waals surface area contributed by atoms with Crippen molar-refractivity contribution in [3.8, 4) is 17.2 Å². The van der Waals surface area contributed by atoms with Crippen molar-refractivity contribution in [2.24, 2.45) is 0 Å². The van der Waals surface area contributed by atoms with E-state index in [4.69, 9.17) is 18.9 Å². The zero-order valence-electron chi connectivity index (χ0n) is 20.7. The molecule has 0 bridgehead atoms. The highest BCUT2D eigenvalue weighted by Gasteiger charge is 2.33. The van der Waals surface area contributed by atoms with Crippen molar-refractivity contribution >= 4 is 17.7 Å². The third kappa shape index (κ3) is 5.54. The number of methoxy groups -OCH3 is 2. The summed E-state index contributed by atoms with van der Waals surface area (Å²) in [6, 6.07) is 19.4. The Hall–Kier alpha value is -4.20. The lowest BCUT2D eigenvalue weighted by Crippen LogP contribution is -2.44. The average Bonchev–Trinajstić information content (AvgIpc) is 2.91. The second-order valence-corrected chi connectivity index (χ2v) is 8.22. The molecular weight excluding hydrogens is 460 g/mol. The summed E-state index contributed by atoms with van der Waals surface area (Å²) in [5.74, 6) is 1.44. The summed E-state index contributed by atoms with van der Waals surface area (Å²) >= 11 is 0. The van der Waals surface area contributed by atoms with Gasteiger partial charge in [0.25, 0.3) is 0 Å². The van der Waals surface area contributed by atoms with Crippen LogP contribution in [0.1, 0.15) is 34.5 Å². The van der Waals surface area contributed by atoms with Crippen LogP contribution in [0, 0.1) is 0 Å². The fourth-order valence-electron chi connectivity index (χ4n) is 4.24. The first-order chi connectivity index (χ1) is 17.5. The van der Waals surface area contributed by atoms with Crippen LogP contribution in [0.15, 0.2) is 66.7 Å². The van der Waals surface area contributed by atoms with Crippen molar-refractivity contribution in [2.45, 2.75) is 19.4 Å². The van der Waals surface area contributed by atoms with Crippen molar-refractivity contribution in [1.82, 2.24) is 4.90 Å². The van der Waals surface area contributed by atoms with Crippen LogP contribution in [0.4, 0.5) is 10.5 Å². The molecule has 2 amide bonds.